The van der Waals surface area contributed by atoms with Crippen molar-refractivity contribution in [2.75, 3.05) is 6.61 Å². The van der Waals surface area contributed by atoms with E-state index in [0.29, 0.717) is 0 Å². The number of carbonyl (C=O) groups excluding carboxylic acids is 3. The van der Waals surface area contributed by atoms with Crippen molar-refractivity contribution in [2.45, 2.75) is 90.1 Å². The maximum absolute atomic E-state index is 11.8. The normalized spacial score (nSPS) is 32.6. The standard InChI is InChI=1S/C18H30O9Si/c1-10(19)23-13-14(24-11(2)20)16-22-9-18(26-16,15(13)25-12(3)21)27-28(7,8)17(4,5)6/h13-16H,9H2,1-8H3/t13-,14-,15+,16+,18-/m1/s1. The Hall–Kier alpha value is -1.49. The molecule has 0 aliphatic carbocycles. The van der Waals surface area contributed by atoms with E-state index in [2.05, 4.69) is 20.8 Å². The molecule has 0 spiro atoms. The third kappa shape index (κ3) is 4.56. The van der Waals surface area contributed by atoms with Crippen LogP contribution in [-0.4, -0.2) is 63.2 Å². The van der Waals surface area contributed by atoms with Gasteiger partial charge in [0.15, 0.2) is 26.6 Å². The summed E-state index contributed by atoms with van der Waals surface area (Å²) < 4.78 is 34.4. The number of ether oxygens (including phenoxy) is 5. The fourth-order valence-corrected chi connectivity index (χ4v) is 4.41. The van der Waals surface area contributed by atoms with E-state index in [0.717, 1.165) is 0 Å². The first-order chi connectivity index (χ1) is 12.7. The summed E-state index contributed by atoms with van der Waals surface area (Å²) in [6, 6.07) is 0. The minimum absolute atomic E-state index is 0.0579. The van der Waals surface area contributed by atoms with E-state index >= 15 is 0 Å². The maximum atomic E-state index is 11.8. The molecule has 2 aliphatic rings. The molecule has 2 fully saturated rings. The SMILES string of the molecule is CC(=O)O[C@@H]1[C@@H](OC(C)=O)[C@H]2OC[C@](O[Si](C)(C)C(C)(C)C)(O2)[C@H]1OC(C)=O. The number of hydrogen-bond acceptors (Lipinski definition) is 9. The average molecular weight is 419 g/mol. The molecule has 0 saturated carbocycles. The lowest BCUT2D eigenvalue weighted by atomic mass is 9.97. The van der Waals surface area contributed by atoms with Crippen molar-refractivity contribution in [1.82, 2.24) is 0 Å². The monoisotopic (exact) mass is 418 g/mol. The number of hydrogen-bond donors (Lipinski definition) is 0. The van der Waals surface area contributed by atoms with E-state index in [-0.39, 0.29) is 11.6 Å². The van der Waals surface area contributed by atoms with Crippen molar-refractivity contribution in [3.63, 3.8) is 0 Å². The molecule has 2 saturated heterocycles. The van der Waals surface area contributed by atoms with Crippen LogP contribution in [0.5, 0.6) is 0 Å². The van der Waals surface area contributed by atoms with Gasteiger partial charge in [-0.2, -0.15) is 0 Å². The summed E-state index contributed by atoms with van der Waals surface area (Å²) in [6.07, 6.45) is -4.39. The fourth-order valence-electron chi connectivity index (χ4n) is 3.02. The van der Waals surface area contributed by atoms with Gasteiger partial charge < -0.3 is 28.1 Å². The van der Waals surface area contributed by atoms with Gasteiger partial charge in [-0.3, -0.25) is 14.4 Å². The first-order valence-electron chi connectivity index (χ1n) is 9.20. The van der Waals surface area contributed by atoms with Crippen molar-refractivity contribution in [3.05, 3.63) is 0 Å². The maximum Gasteiger partial charge on any atom is 0.303 e. The van der Waals surface area contributed by atoms with Gasteiger partial charge in [-0.15, -0.1) is 0 Å². The van der Waals surface area contributed by atoms with E-state index in [1.807, 2.05) is 13.1 Å². The molecule has 160 valence electrons. The predicted molar refractivity (Wildman–Crippen MR) is 98.5 cm³/mol. The van der Waals surface area contributed by atoms with Gasteiger partial charge in [0.25, 0.3) is 0 Å². The molecule has 10 heteroatoms. The quantitative estimate of drug-likeness (QED) is 0.376. The number of esters is 3. The van der Waals surface area contributed by atoms with Crippen molar-refractivity contribution in [1.29, 1.82) is 0 Å². The smallest absolute Gasteiger partial charge is 0.303 e. The Kier molecular flexibility index (Phi) is 6.30. The highest BCUT2D eigenvalue weighted by Gasteiger charge is 2.67. The lowest BCUT2D eigenvalue weighted by molar-refractivity contribution is -0.320. The minimum Gasteiger partial charge on any atom is -0.454 e. The highest BCUT2D eigenvalue weighted by Crippen LogP contribution is 2.47. The summed E-state index contributed by atoms with van der Waals surface area (Å²) in [4.78, 5) is 35.2. The predicted octanol–water partition coefficient (Wildman–Crippen LogP) is 1.89. The molecule has 2 heterocycles. The molecule has 0 radical (unpaired) electrons. The van der Waals surface area contributed by atoms with Gasteiger partial charge in [0, 0.05) is 20.8 Å². The van der Waals surface area contributed by atoms with Crippen LogP contribution >= 0.6 is 0 Å². The summed E-state index contributed by atoms with van der Waals surface area (Å²) in [5.74, 6) is -3.31. The third-order valence-electron chi connectivity index (χ3n) is 5.22. The zero-order valence-corrected chi connectivity index (χ0v) is 18.7. The van der Waals surface area contributed by atoms with Crippen LogP contribution in [0.2, 0.25) is 18.1 Å². The van der Waals surface area contributed by atoms with Crippen LogP contribution in [0.4, 0.5) is 0 Å². The molecule has 28 heavy (non-hydrogen) atoms. The lowest BCUT2D eigenvalue weighted by Gasteiger charge is -2.49. The van der Waals surface area contributed by atoms with Crippen LogP contribution in [0, 0.1) is 0 Å². The first-order valence-corrected chi connectivity index (χ1v) is 12.1. The lowest BCUT2D eigenvalue weighted by Crippen LogP contribution is -2.67. The third-order valence-corrected chi connectivity index (χ3v) is 9.69. The van der Waals surface area contributed by atoms with Crippen LogP contribution in [-0.2, 0) is 42.5 Å². The molecule has 0 unspecified atom stereocenters. The Balaban J connectivity index is 2.49. The van der Waals surface area contributed by atoms with Gasteiger partial charge in [-0.05, 0) is 18.1 Å². The molecule has 9 nitrogen and oxygen atoms in total. The summed E-state index contributed by atoms with van der Waals surface area (Å²) in [5, 5.41) is -0.173. The van der Waals surface area contributed by atoms with Gasteiger partial charge in [-0.1, -0.05) is 20.8 Å². The van der Waals surface area contributed by atoms with Gasteiger partial charge in [0.2, 0.25) is 12.1 Å². The Bertz CT molecular complexity index is 641. The Morgan fingerprint density at radius 1 is 0.929 bits per heavy atom. The molecule has 5 atom stereocenters. The van der Waals surface area contributed by atoms with Gasteiger partial charge in [-0.25, -0.2) is 0 Å². The van der Waals surface area contributed by atoms with Crippen LogP contribution in [0.1, 0.15) is 41.5 Å². The van der Waals surface area contributed by atoms with Crippen LogP contribution in [0.3, 0.4) is 0 Å². The van der Waals surface area contributed by atoms with E-state index < -0.39 is 56.6 Å². The summed E-state index contributed by atoms with van der Waals surface area (Å²) in [5.41, 5.74) is 0. The van der Waals surface area contributed by atoms with E-state index in [9.17, 15) is 14.4 Å². The summed E-state index contributed by atoms with van der Waals surface area (Å²) >= 11 is 0. The minimum atomic E-state index is -2.42. The second-order valence-electron chi connectivity index (χ2n) is 8.65. The largest absolute Gasteiger partial charge is 0.454 e. The zero-order chi connectivity index (χ0) is 21.5. The van der Waals surface area contributed by atoms with E-state index in [1.165, 1.54) is 20.8 Å². The second kappa shape index (κ2) is 7.73. The Labute approximate surface area is 166 Å². The van der Waals surface area contributed by atoms with Gasteiger partial charge in [0.05, 0.1) is 0 Å². The van der Waals surface area contributed by atoms with Gasteiger partial charge >= 0.3 is 17.9 Å². The van der Waals surface area contributed by atoms with E-state index in [1.54, 1.807) is 0 Å². The van der Waals surface area contributed by atoms with Crippen molar-refractivity contribution >= 4 is 26.2 Å². The molecule has 0 aromatic rings. The summed E-state index contributed by atoms with van der Waals surface area (Å²) in [7, 11) is -2.42. The number of fused-ring (bicyclic) bond motifs is 2. The summed E-state index contributed by atoms with van der Waals surface area (Å²) in [6.45, 7) is 13.8. The Morgan fingerprint density at radius 2 is 1.43 bits per heavy atom. The molecule has 2 rings (SSSR count). The molecule has 2 aliphatic heterocycles. The average Bonchev–Trinajstić information content (AvgIpc) is 2.86. The molecule has 0 amide bonds. The van der Waals surface area contributed by atoms with Crippen LogP contribution in [0.25, 0.3) is 0 Å². The van der Waals surface area contributed by atoms with Gasteiger partial charge in [0.1, 0.15) is 6.61 Å². The number of rotatable bonds is 5. The van der Waals surface area contributed by atoms with E-state index in [4.69, 9.17) is 28.1 Å². The highest BCUT2D eigenvalue weighted by molar-refractivity contribution is 6.74. The van der Waals surface area contributed by atoms with Crippen molar-refractivity contribution < 1.29 is 42.5 Å². The first kappa shape index (κ1) is 22.8. The topological polar surface area (TPSA) is 107 Å². The zero-order valence-electron chi connectivity index (χ0n) is 17.7. The number of carbonyl (C=O) groups is 3. The van der Waals surface area contributed by atoms with Crippen LogP contribution in [0.15, 0.2) is 0 Å². The molecule has 2 bridgehead atoms. The molecule has 0 aromatic carbocycles. The fraction of sp³-hybridized carbons (Fsp3) is 0.833. The van der Waals surface area contributed by atoms with Crippen molar-refractivity contribution in [2.24, 2.45) is 0 Å². The van der Waals surface area contributed by atoms with Crippen molar-refractivity contribution in [3.8, 4) is 0 Å². The molecule has 0 N–H and O–H groups in total. The Morgan fingerprint density at radius 3 is 1.89 bits per heavy atom. The molecular weight excluding hydrogens is 388 g/mol. The molecular formula is C18H30O9Si. The molecule has 0 aromatic heterocycles. The van der Waals surface area contributed by atoms with Crippen LogP contribution < -0.4 is 0 Å². The second-order valence-corrected chi connectivity index (χ2v) is 13.4. The highest BCUT2D eigenvalue weighted by atomic mass is 28.4.